The molecule has 0 rings (SSSR count). The Labute approximate surface area is 129 Å². The molecule has 3 unspecified atom stereocenters. The monoisotopic (exact) mass is 351 g/mol. The fourth-order valence-corrected chi connectivity index (χ4v) is 1.05. The molecule has 15 nitrogen and oxygen atoms in total. The summed E-state index contributed by atoms with van der Waals surface area (Å²) in [4.78, 5) is 25.1. The van der Waals surface area contributed by atoms with Crippen molar-refractivity contribution < 1.29 is 46.2 Å². The Bertz CT molecular complexity index is 283. The summed E-state index contributed by atoms with van der Waals surface area (Å²) in [6.07, 6.45) is -2.16. The molecule has 0 aliphatic carbocycles. The van der Waals surface area contributed by atoms with Crippen molar-refractivity contribution in [1.82, 2.24) is 0 Å². The fourth-order valence-electron chi connectivity index (χ4n) is 1.05. The number of hydrogen-bond acceptors (Lipinski definition) is 9. The molecule has 0 amide bonds. The van der Waals surface area contributed by atoms with Gasteiger partial charge >= 0.3 is 0 Å². The third-order valence-corrected chi connectivity index (χ3v) is 2.70. The number of rotatable bonds is 3. The lowest BCUT2D eigenvalue weighted by Crippen LogP contribution is -2.47. The Morgan fingerprint density at radius 2 is 0.783 bits per heavy atom. The number of nitrogens with zero attached hydrogens (tertiary/aromatic N) is 3. The van der Waals surface area contributed by atoms with E-state index in [4.69, 9.17) is 46.0 Å². The van der Waals surface area contributed by atoms with Gasteiger partial charge < -0.3 is 30.9 Å². The Hall–Kier alpha value is -2.52. The van der Waals surface area contributed by atoms with E-state index in [0.29, 0.717) is 0 Å². The molecule has 0 saturated heterocycles. The normalized spacial score (nSPS) is 15.3. The second kappa shape index (κ2) is 14.4. The summed E-state index contributed by atoms with van der Waals surface area (Å²) in [6, 6.07) is 0. The number of hydrogen-bond donors (Lipinski definition) is 6. The topological polar surface area (TPSA) is 251 Å². The van der Waals surface area contributed by atoms with Crippen LogP contribution in [0.4, 0.5) is 0 Å². The number of aliphatic hydroxyl groups is 3. The molecule has 0 saturated carbocycles. The van der Waals surface area contributed by atoms with E-state index in [1.807, 2.05) is 0 Å². The lowest BCUT2D eigenvalue weighted by Gasteiger charge is -2.38. The van der Waals surface area contributed by atoms with E-state index in [9.17, 15) is 15.3 Å². The standard InChI is InChI=1S/C8H18O3.3HNO3/c1-5(9)8(4,6(2)10)7(3)11;3*2-1(3)4/h5-7,9-11H,1-4H3;3*(H,2,3,4). The predicted octanol–water partition coefficient (Wildman–Crippen LogP) is -0.908. The first-order chi connectivity index (χ1) is 10.0. The Morgan fingerprint density at radius 1 is 0.696 bits per heavy atom. The van der Waals surface area contributed by atoms with Gasteiger partial charge in [0.15, 0.2) is 0 Å². The van der Waals surface area contributed by atoms with Gasteiger partial charge in [-0.2, -0.15) is 0 Å². The maximum absolute atomic E-state index is 9.29. The van der Waals surface area contributed by atoms with Crippen molar-refractivity contribution in [1.29, 1.82) is 0 Å². The van der Waals surface area contributed by atoms with E-state index in [-0.39, 0.29) is 0 Å². The zero-order chi connectivity index (χ0) is 20.0. The highest BCUT2D eigenvalue weighted by Crippen LogP contribution is 2.30. The van der Waals surface area contributed by atoms with Crippen LogP contribution in [0.2, 0.25) is 0 Å². The maximum Gasteiger partial charge on any atom is 0.291 e. The molecule has 0 aliphatic heterocycles. The third kappa shape index (κ3) is 24.8. The average molecular weight is 351 g/mol. The molecule has 3 atom stereocenters. The van der Waals surface area contributed by atoms with Crippen molar-refractivity contribution in [3.05, 3.63) is 30.3 Å². The van der Waals surface area contributed by atoms with Gasteiger partial charge in [0.2, 0.25) is 0 Å². The highest BCUT2D eigenvalue weighted by molar-refractivity contribution is 4.88. The average Bonchev–Trinajstić information content (AvgIpc) is 2.24. The van der Waals surface area contributed by atoms with Gasteiger partial charge in [-0.05, 0) is 20.8 Å². The van der Waals surface area contributed by atoms with Gasteiger partial charge in [0.1, 0.15) is 0 Å². The molecule has 0 aromatic carbocycles. The van der Waals surface area contributed by atoms with Gasteiger partial charge in [-0.25, -0.2) is 0 Å². The van der Waals surface area contributed by atoms with Crippen molar-refractivity contribution in [2.24, 2.45) is 5.41 Å². The first-order valence-corrected chi connectivity index (χ1v) is 5.57. The van der Waals surface area contributed by atoms with Crippen LogP contribution in [0.25, 0.3) is 0 Å². The fraction of sp³-hybridized carbons (Fsp3) is 1.00. The maximum atomic E-state index is 9.29. The molecular weight excluding hydrogens is 330 g/mol. The molecule has 15 heteroatoms. The molecule has 6 N–H and O–H groups in total. The van der Waals surface area contributed by atoms with Crippen molar-refractivity contribution in [3.63, 3.8) is 0 Å². The van der Waals surface area contributed by atoms with Crippen LogP contribution >= 0.6 is 0 Å². The zero-order valence-electron chi connectivity index (χ0n) is 12.7. The Morgan fingerprint density at radius 3 is 0.783 bits per heavy atom. The quantitative estimate of drug-likeness (QED) is 0.267. The minimum absolute atomic E-state index is 0.720. The minimum Gasteiger partial charge on any atom is -0.393 e. The van der Waals surface area contributed by atoms with Crippen LogP contribution in [0.5, 0.6) is 0 Å². The molecule has 0 heterocycles. The van der Waals surface area contributed by atoms with Crippen LogP contribution in [0.1, 0.15) is 27.7 Å². The van der Waals surface area contributed by atoms with Crippen LogP contribution in [-0.2, 0) is 0 Å². The van der Waals surface area contributed by atoms with Crippen LogP contribution in [0.3, 0.4) is 0 Å². The van der Waals surface area contributed by atoms with Crippen LogP contribution in [0, 0.1) is 35.8 Å². The Kier molecular flexibility index (Phi) is 17.9. The highest BCUT2D eigenvalue weighted by atomic mass is 16.9. The molecule has 0 spiro atoms. The lowest BCUT2D eigenvalue weighted by molar-refractivity contribution is -0.742. The molecular formula is C8H21N3O12. The van der Waals surface area contributed by atoms with Gasteiger partial charge in [0.25, 0.3) is 15.3 Å². The first-order valence-electron chi connectivity index (χ1n) is 5.57. The second-order valence-electron chi connectivity index (χ2n) is 4.11. The SMILES string of the molecule is CC(O)C(C)(C(C)O)C(C)O.O=[N+]([O-])O.O=[N+]([O-])O.O=[N+]([O-])O. The van der Waals surface area contributed by atoms with Crippen molar-refractivity contribution >= 4 is 0 Å². The van der Waals surface area contributed by atoms with E-state index >= 15 is 0 Å². The molecule has 0 bridgehead atoms. The summed E-state index contributed by atoms with van der Waals surface area (Å²) in [5.41, 5.74) is -0.833. The van der Waals surface area contributed by atoms with Crippen LogP contribution in [-0.4, -0.2) is 64.5 Å². The van der Waals surface area contributed by atoms with Gasteiger partial charge in [-0.15, -0.1) is 30.3 Å². The molecule has 0 aliphatic rings. The zero-order valence-corrected chi connectivity index (χ0v) is 12.7. The van der Waals surface area contributed by atoms with E-state index in [0.717, 1.165) is 0 Å². The highest BCUT2D eigenvalue weighted by Gasteiger charge is 2.39. The summed E-state index contributed by atoms with van der Waals surface area (Å²) >= 11 is 0. The summed E-state index contributed by atoms with van der Waals surface area (Å²) in [7, 11) is 0. The summed E-state index contributed by atoms with van der Waals surface area (Å²) < 4.78 is 0. The van der Waals surface area contributed by atoms with E-state index in [2.05, 4.69) is 0 Å². The number of aliphatic hydroxyl groups excluding tert-OH is 3. The summed E-state index contributed by atoms with van der Waals surface area (Å²) in [5, 5.41) is 68.8. The summed E-state index contributed by atoms with van der Waals surface area (Å²) in [6.45, 7) is 6.37. The largest absolute Gasteiger partial charge is 0.393 e. The molecule has 0 fully saturated rings. The molecule has 23 heavy (non-hydrogen) atoms. The smallest absolute Gasteiger partial charge is 0.291 e. The molecule has 0 aromatic heterocycles. The molecule has 140 valence electrons. The van der Waals surface area contributed by atoms with Crippen molar-refractivity contribution in [2.75, 3.05) is 0 Å². The van der Waals surface area contributed by atoms with Crippen molar-refractivity contribution in [3.8, 4) is 0 Å². The summed E-state index contributed by atoms with van der Waals surface area (Å²) in [5.74, 6) is 0. The lowest BCUT2D eigenvalue weighted by atomic mass is 9.76. The predicted molar refractivity (Wildman–Crippen MR) is 69.5 cm³/mol. The third-order valence-electron chi connectivity index (χ3n) is 2.70. The van der Waals surface area contributed by atoms with Gasteiger partial charge in [0, 0.05) is 5.41 Å². The van der Waals surface area contributed by atoms with Gasteiger partial charge in [-0.1, -0.05) is 6.92 Å². The minimum atomic E-state index is -1.50. The van der Waals surface area contributed by atoms with E-state index < -0.39 is 39.0 Å². The first kappa shape index (κ1) is 28.6. The van der Waals surface area contributed by atoms with Crippen LogP contribution in [0.15, 0.2) is 0 Å². The van der Waals surface area contributed by atoms with E-state index in [1.54, 1.807) is 27.7 Å². The Balaban J connectivity index is -0.000000124. The molecule has 0 radical (unpaired) electrons. The van der Waals surface area contributed by atoms with Gasteiger partial charge in [0.05, 0.1) is 18.3 Å². The molecule has 0 aromatic rings. The van der Waals surface area contributed by atoms with Crippen molar-refractivity contribution in [2.45, 2.75) is 46.0 Å². The second-order valence-corrected chi connectivity index (χ2v) is 4.11. The van der Waals surface area contributed by atoms with Crippen LogP contribution < -0.4 is 0 Å². The van der Waals surface area contributed by atoms with E-state index in [1.165, 1.54) is 0 Å². The van der Waals surface area contributed by atoms with Gasteiger partial charge in [-0.3, -0.25) is 0 Å².